The molecule has 0 aliphatic carbocycles. The van der Waals surface area contributed by atoms with Crippen molar-refractivity contribution < 1.29 is 4.79 Å². The van der Waals surface area contributed by atoms with E-state index in [-0.39, 0.29) is 5.78 Å². The summed E-state index contributed by atoms with van der Waals surface area (Å²) in [6.07, 6.45) is 0. The Labute approximate surface area is 110 Å². The average Bonchev–Trinajstić information content (AvgIpc) is 2.32. The normalized spacial score (nSPS) is 10.3. The molecule has 0 saturated carbocycles. The summed E-state index contributed by atoms with van der Waals surface area (Å²) < 4.78 is 0. The Balaban J connectivity index is 2.43. The number of hydrogen-bond acceptors (Lipinski definition) is 1. The smallest absolute Gasteiger partial charge is 0.194 e. The van der Waals surface area contributed by atoms with E-state index in [1.807, 2.05) is 19.1 Å². The molecular weight excluding hydrogens is 255 g/mol. The molecule has 0 amide bonds. The van der Waals surface area contributed by atoms with Gasteiger partial charge < -0.3 is 0 Å². The first-order valence-electron chi connectivity index (χ1n) is 5.14. The van der Waals surface area contributed by atoms with E-state index in [9.17, 15) is 4.79 Å². The summed E-state index contributed by atoms with van der Waals surface area (Å²) >= 11 is 11.9. The van der Waals surface area contributed by atoms with E-state index in [1.165, 1.54) is 0 Å². The van der Waals surface area contributed by atoms with Crippen molar-refractivity contribution in [2.75, 3.05) is 0 Å². The molecule has 3 heteroatoms. The predicted octanol–water partition coefficient (Wildman–Crippen LogP) is 4.53. The van der Waals surface area contributed by atoms with Crippen LogP contribution in [0.25, 0.3) is 0 Å². The number of rotatable bonds is 2. The third-order valence-electron chi connectivity index (χ3n) is 2.49. The molecule has 0 aliphatic heterocycles. The molecular formula is C14H10Cl2O. The van der Waals surface area contributed by atoms with E-state index in [2.05, 4.69) is 0 Å². The van der Waals surface area contributed by atoms with E-state index >= 15 is 0 Å². The Morgan fingerprint density at radius 2 is 1.65 bits per heavy atom. The van der Waals surface area contributed by atoms with Crippen molar-refractivity contribution >= 4 is 29.0 Å². The quantitative estimate of drug-likeness (QED) is 0.729. The highest BCUT2D eigenvalue weighted by atomic mass is 35.5. The average molecular weight is 265 g/mol. The zero-order chi connectivity index (χ0) is 12.4. The number of benzene rings is 2. The van der Waals surface area contributed by atoms with E-state index in [0.29, 0.717) is 21.2 Å². The molecule has 2 aromatic rings. The van der Waals surface area contributed by atoms with Gasteiger partial charge in [-0.1, -0.05) is 53.0 Å². The van der Waals surface area contributed by atoms with Gasteiger partial charge in [0.15, 0.2) is 5.78 Å². The molecule has 1 nitrogen and oxygen atoms in total. The molecule has 0 atom stereocenters. The Morgan fingerprint density at radius 1 is 1.00 bits per heavy atom. The standard InChI is InChI=1S/C14H10Cl2O/c1-9-2-4-10(5-3-9)14(17)12-8-11(15)6-7-13(12)16/h2-8H,1H3. The van der Waals surface area contributed by atoms with Crippen LogP contribution in [0.1, 0.15) is 21.5 Å². The van der Waals surface area contributed by atoms with Crippen LogP contribution in [-0.2, 0) is 0 Å². The fraction of sp³-hybridized carbons (Fsp3) is 0.0714. The molecule has 86 valence electrons. The van der Waals surface area contributed by atoms with Crippen molar-refractivity contribution in [3.05, 3.63) is 69.2 Å². The first-order chi connectivity index (χ1) is 8.08. The molecule has 0 unspecified atom stereocenters. The number of ketones is 1. The molecule has 2 rings (SSSR count). The third-order valence-corrected chi connectivity index (χ3v) is 3.05. The molecule has 0 heterocycles. The number of aryl methyl sites for hydroxylation is 1. The van der Waals surface area contributed by atoms with Crippen molar-refractivity contribution in [3.63, 3.8) is 0 Å². The lowest BCUT2D eigenvalue weighted by atomic mass is 10.0. The molecule has 2 aromatic carbocycles. The lowest BCUT2D eigenvalue weighted by Gasteiger charge is -2.04. The maximum atomic E-state index is 12.2. The van der Waals surface area contributed by atoms with Crippen molar-refractivity contribution in [3.8, 4) is 0 Å². The Bertz CT molecular complexity index is 559. The minimum absolute atomic E-state index is 0.113. The van der Waals surface area contributed by atoms with Gasteiger partial charge in [0.05, 0.1) is 5.02 Å². The first-order valence-corrected chi connectivity index (χ1v) is 5.90. The Kier molecular flexibility index (Phi) is 3.51. The fourth-order valence-electron chi connectivity index (χ4n) is 1.53. The van der Waals surface area contributed by atoms with Crippen LogP contribution in [0.2, 0.25) is 10.0 Å². The topological polar surface area (TPSA) is 17.1 Å². The van der Waals surface area contributed by atoms with Crippen LogP contribution in [-0.4, -0.2) is 5.78 Å². The van der Waals surface area contributed by atoms with Crippen LogP contribution in [0, 0.1) is 6.92 Å². The van der Waals surface area contributed by atoms with E-state index in [0.717, 1.165) is 5.56 Å². The first kappa shape index (κ1) is 12.2. The van der Waals surface area contributed by atoms with Gasteiger partial charge in [-0.2, -0.15) is 0 Å². The predicted molar refractivity (Wildman–Crippen MR) is 71.1 cm³/mol. The zero-order valence-electron chi connectivity index (χ0n) is 9.21. The summed E-state index contributed by atoms with van der Waals surface area (Å²) in [6.45, 7) is 1.97. The largest absolute Gasteiger partial charge is 0.289 e. The van der Waals surface area contributed by atoms with Crippen LogP contribution >= 0.6 is 23.2 Å². The highest BCUT2D eigenvalue weighted by Crippen LogP contribution is 2.23. The molecule has 0 radical (unpaired) electrons. The molecule has 0 N–H and O–H groups in total. The second-order valence-corrected chi connectivity index (χ2v) is 4.66. The van der Waals surface area contributed by atoms with Crippen LogP contribution in [0.5, 0.6) is 0 Å². The van der Waals surface area contributed by atoms with Gasteiger partial charge in [0.2, 0.25) is 0 Å². The lowest BCUT2D eigenvalue weighted by Crippen LogP contribution is -2.02. The fourth-order valence-corrected chi connectivity index (χ4v) is 1.91. The van der Waals surface area contributed by atoms with E-state index in [4.69, 9.17) is 23.2 Å². The maximum absolute atomic E-state index is 12.2. The minimum Gasteiger partial charge on any atom is -0.289 e. The molecule has 0 spiro atoms. The second-order valence-electron chi connectivity index (χ2n) is 3.82. The molecule has 0 aliphatic rings. The van der Waals surface area contributed by atoms with Gasteiger partial charge in [-0.05, 0) is 25.1 Å². The summed E-state index contributed by atoms with van der Waals surface area (Å²) in [6, 6.07) is 12.2. The SMILES string of the molecule is Cc1ccc(C(=O)c2cc(Cl)ccc2Cl)cc1. The molecule has 0 aromatic heterocycles. The maximum Gasteiger partial charge on any atom is 0.194 e. The summed E-state index contributed by atoms with van der Waals surface area (Å²) in [7, 11) is 0. The summed E-state index contributed by atoms with van der Waals surface area (Å²) in [5, 5.41) is 0.921. The van der Waals surface area contributed by atoms with Gasteiger partial charge >= 0.3 is 0 Å². The summed E-state index contributed by atoms with van der Waals surface area (Å²) in [5.74, 6) is -0.113. The number of halogens is 2. The van der Waals surface area contributed by atoms with Crippen LogP contribution in [0.4, 0.5) is 0 Å². The van der Waals surface area contributed by atoms with Crippen LogP contribution < -0.4 is 0 Å². The van der Waals surface area contributed by atoms with Crippen LogP contribution in [0.3, 0.4) is 0 Å². The van der Waals surface area contributed by atoms with Gasteiger partial charge in [0.1, 0.15) is 0 Å². The highest BCUT2D eigenvalue weighted by molar-refractivity contribution is 6.36. The zero-order valence-corrected chi connectivity index (χ0v) is 10.7. The Morgan fingerprint density at radius 3 is 2.29 bits per heavy atom. The van der Waals surface area contributed by atoms with Gasteiger partial charge in [-0.25, -0.2) is 0 Å². The molecule has 17 heavy (non-hydrogen) atoms. The number of carbonyl (C=O) groups is 1. The summed E-state index contributed by atoms with van der Waals surface area (Å²) in [4.78, 5) is 12.2. The second kappa shape index (κ2) is 4.91. The van der Waals surface area contributed by atoms with Gasteiger partial charge in [-0.15, -0.1) is 0 Å². The van der Waals surface area contributed by atoms with Gasteiger partial charge in [0, 0.05) is 16.1 Å². The Hall–Kier alpha value is -1.31. The van der Waals surface area contributed by atoms with E-state index in [1.54, 1.807) is 30.3 Å². The van der Waals surface area contributed by atoms with Crippen molar-refractivity contribution in [1.29, 1.82) is 0 Å². The van der Waals surface area contributed by atoms with Crippen molar-refractivity contribution in [2.45, 2.75) is 6.92 Å². The third kappa shape index (κ3) is 2.68. The minimum atomic E-state index is -0.113. The number of hydrogen-bond donors (Lipinski definition) is 0. The van der Waals surface area contributed by atoms with Gasteiger partial charge in [-0.3, -0.25) is 4.79 Å². The number of carbonyl (C=O) groups excluding carboxylic acids is 1. The van der Waals surface area contributed by atoms with Crippen molar-refractivity contribution in [1.82, 2.24) is 0 Å². The van der Waals surface area contributed by atoms with E-state index < -0.39 is 0 Å². The summed E-state index contributed by atoms with van der Waals surface area (Å²) in [5.41, 5.74) is 2.15. The highest BCUT2D eigenvalue weighted by Gasteiger charge is 2.12. The van der Waals surface area contributed by atoms with Gasteiger partial charge in [0.25, 0.3) is 0 Å². The lowest BCUT2D eigenvalue weighted by molar-refractivity contribution is 0.103. The molecule has 0 bridgehead atoms. The molecule has 0 saturated heterocycles. The van der Waals surface area contributed by atoms with Crippen molar-refractivity contribution in [2.24, 2.45) is 0 Å². The van der Waals surface area contributed by atoms with Crippen LogP contribution in [0.15, 0.2) is 42.5 Å². The monoisotopic (exact) mass is 264 g/mol. The molecule has 0 fully saturated rings.